The van der Waals surface area contributed by atoms with Crippen LogP contribution >= 0.6 is 0 Å². The summed E-state index contributed by atoms with van der Waals surface area (Å²) >= 11 is 0. The van der Waals surface area contributed by atoms with Crippen molar-refractivity contribution in [3.63, 3.8) is 0 Å². The molecule has 1 rings (SSSR count). The first-order chi connectivity index (χ1) is 7.07. The molecule has 1 aliphatic rings. The van der Waals surface area contributed by atoms with Crippen LogP contribution in [0.3, 0.4) is 0 Å². The highest BCUT2D eigenvalue weighted by molar-refractivity contribution is 4.93. The van der Waals surface area contributed by atoms with Crippen LogP contribution in [0.1, 0.15) is 58.8 Å². The van der Waals surface area contributed by atoms with Gasteiger partial charge in [0, 0.05) is 12.6 Å². The van der Waals surface area contributed by atoms with Crippen LogP contribution in [0.25, 0.3) is 0 Å². The fraction of sp³-hybridized carbons (Fsp3) is 1.00. The molecule has 0 aromatic heterocycles. The molecule has 2 heteroatoms. The fourth-order valence-electron chi connectivity index (χ4n) is 2.63. The number of likely N-dealkylation sites (N-methyl/N-ethyl adjacent to an activating group) is 1. The normalized spacial score (nSPS) is 32.4. The molecule has 0 saturated carbocycles. The van der Waals surface area contributed by atoms with Crippen molar-refractivity contribution >= 4 is 0 Å². The average molecular weight is 213 g/mol. The highest BCUT2D eigenvalue weighted by atomic mass is 16.3. The van der Waals surface area contributed by atoms with E-state index in [0.29, 0.717) is 6.04 Å². The molecule has 0 bridgehead atoms. The summed E-state index contributed by atoms with van der Waals surface area (Å²) < 4.78 is 0. The van der Waals surface area contributed by atoms with Crippen LogP contribution in [0.2, 0.25) is 0 Å². The maximum absolute atomic E-state index is 10.3. The van der Waals surface area contributed by atoms with Crippen molar-refractivity contribution in [1.82, 2.24) is 4.90 Å². The number of β-amino-alcohol motifs (C(OH)–C–C–N with tert-alkyl or cyclic N) is 1. The van der Waals surface area contributed by atoms with Crippen molar-refractivity contribution in [2.24, 2.45) is 0 Å². The Balaban J connectivity index is 2.15. The fourth-order valence-corrected chi connectivity index (χ4v) is 2.63. The van der Waals surface area contributed by atoms with E-state index < -0.39 is 0 Å². The van der Waals surface area contributed by atoms with E-state index in [1.807, 2.05) is 0 Å². The molecular weight excluding hydrogens is 186 g/mol. The molecule has 0 spiro atoms. The third-order valence-electron chi connectivity index (χ3n) is 3.72. The highest BCUT2D eigenvalue weighted by Crippen LogP contribution is 2.30. The minimum atomic E-state index is -0.389. The first-order valence-corrected chi connectivity index (χ1v) is 6.50. The highest BCUT2D eigenvalue weighted by Gasteiger charge is 2.37. The Bertz CT molecular complexity index is 171. The van der Waals surface area contributed by atoms with Gasteiger partial charge in [-0.1, -0.05) is 39.0 Å². The lowest BCUT2D eigenvalue weighted by Crippen LogP contribution is -2.31. The maximum atomic E-state index is 10.3. The molecule has 1 heterocycles. The van der Waals surface area contributed by atoms with Gasteiger partial charge in [-0.25, -0.2) is 0 Å². The zero-order valence-corrected chi connectivity index (χ0v) is 10.6. The van der Waals surface area contributed by atoms with E-state index in [-0.39, 0.29) is 5.60 Å². The summed E-state index contributed by atoms with van der Waals surface area (Å²) in [6.07, 6.45) is 8.39. The predicted molar refractivity (Wildman–Crippen MR) is 65.0 cm³/mol. The molecule has 90 valence electrons. The molecule has 1 N–H and O–H groups in total. The average Bonchev–Trinajstić information content (AvgIpc) is 2.41. The van der Waals surface area contributed by atoms with Crippen molar-refractivity contribution in [3.8, 4) is 0 Å². The lowest BCUT2D eigenvalue weighted by Gasteiger charge is -2.22. The number of rotatable bonds is 6. The number of hydrogen-bond acceptors (Lipinski definition) is 2. The van der Waals surface area contributed by atoms with Crippen molar-refractivity contribution < 1.29 is 5.11 Å². The second-order valence-electron chi connectivity index (χ2n) is 5.36. The zero-order valence-electron chi connectivity index (χ0n) is 10.6. The summed E-state index contributed by atoms with van der Waals surface area (Å²) in [5.41, 5.74) is -0.389. The topological polar surface area (TPSA) is 23.5 Å². The molecule has 1 saturated heterocycles. The van der Waals surface area contributed by atoms with E-state index in [2.05, 4.69) is 25.8 Å². The van der Waals surface area contributed by atoms with Gasteiger partial charge in [-0.05, 0) is 26.8 Å². The SMILES string of the molecule is CCCCCCCC1(O)CC(C)N(C)C1. The molecule has 2 unspecified atom stereocenters. The largest absolute Gasteiger partial charge is 0.388 e. The number of aliphatic hydroxyl groups is 1. The van der Waals surface area contributed by atoms with Gasteiger partial charge in [0.1, 0.15) is 0 Å². The standard InChI is InChI=1S/C13H27NO/c1-4-5-6-7-8-9-13(15)10-12(2)14(3)11-13/h12,15H,4-11H2,1-3H3. The Morgan fingerprint density at radius 3 is 2.47 bits per heavy atom. The van der Waals surface area contributed by atoms with Gasteiger partial charge in [0.15, 0.2) is 0 Å². The summed E-state index contributed by atoms with van der Waals surface area (Å²) in [4.78, 5) is 2.27. The third-order valence-corrected chi connectivity index (χ3v) is 3.72. The Morgan fingerprint density at radius 2 is 1.93 bits per heavy atom. The second-order valence-corrected chi connectivity index (χ2v) is 5.36. The molecule has 0 aliphatic carbocycles. The summed E-state index contributed by atoms with van der Waals surface area (Å²) in [6, 6.07) is 0.547. The molecular formula is C13H27NO. The second kappa shape index (κ2) is 5.86. The van der Waals surface area contributed by atoms with Gasteiger partial charge in [0.25, 0.3) is 0 Å². The number of nitrogens with zero attached hydrogens (tertiary/aromatic N) is 1. The van der Waals surface area contributed by atoms with Crippen molar-refractivity contribution in [3.05, 3.63) is 0 Å². The van der Waals surface area contributed by atoms with E-state index in [1.165, 1.54) is 32.1 Å². The summed E-state index contributed by atoms with van der Waals surface area (Å²) in [5, 5.41) is 10.3. The number of hydrogen-bond donors (Lipinski definition) is 1. The van der Waals surface area contributed by atoms with Gasteiger partial charge >= 0.3 is 0 Å². The van der Waals surface area contributed by atoms with E-state index in [9.17, 15) is 5.11 Å². The van der Waals surface area contributed by atoms with E-state index in [0.717, 1.165) is 19.4 Å². The van der Waals surface area contributed by atoms with Crippen LogP contribution in [0, 0.1) is 0 Å². The van der Waals surface area contributed by atoms with Gasteiger partial charge < -0.3 is 10.0 Å². The molecule has 2 atom stereocenters. The van der Waals surface area contributed by atoms with Crippen LogP contribution in [0.5, 0.6) is 0 Å². The zero-order chi connectivity index (χ0) is 11.3. The molecule has 15 heavy (non-hydrogen) atoms. The first kappa shape index (κ1) is 13.0. The van der Waals surface area contributed by atoms with Gasteiger partial charge in [-0.15, -0.1) is 0 Å². The minimum Gasteiger partial charge on any atom is -0.388 e. The molecule has 0 radical (unpaired) electrons. The van der Waals surface area contributed by atoms with Crippen LogP contribution in [0.15, 0.2) is 0 Å². The van der Waals surface area contributed by atoms with Gasteiger partial charge in [0.2, 0.25) is 0 Å². The third kappa shape index (κ3) is 4.12. The Labute approximate surface area is 94.7 Å². The van der Waals surface area contributed by atoms with Crippen LogP contribution in [-0.2, 0) is 0 Å². The predicted octanol–water partition coefficient (Wildman–Crippen LogP) is 2.80. The van der Waals surface area contributed by atoms with Gasteiger partial charge in [0.05, 0.1) is 5.60 Å². The molecule has 1 fully saturated rings. The minimum absolute atomic E-state index is 0.389. The summed E-state index contributed by atoms with van der Waals surface area (Å²) in [6.45, 7) is 5.30. The maximum Gasteiger partial charge on any atom is 0.0788 e. The van der Waals surface area contributed by atoms with Crippen molar-refractivity contribution in [2.75, 3.05) is 13.6 Å². The summed E-state index contributed by atoms with van der Waals surface area (Å²) in [7, 11) is 2.11. The van der Waals surface area contributed by atoms with Crippen molar-refractivity contribution in [2.45, 2.75) is 70.4 Å². The Morgan fingerprint density at radius 1 is 1.27 bits per heavy atom. The molecule has 0 aromatic rings. The van der Waals surface area contributed by atoms with Gasteiger partial charge in [-0.2, -0.15) is 0 Å². The molecule has 0 amide bonds. The first-order valence-electron chi connectivity index (χ1n) is 6.50. The summed E-state index contributed by atoms with van der Waals surface area (Å²) in [5.74, 6) is 0. The Hall–Kier alpha value is -0.0800. The van der Waals surface area contributed by atoms with Gasteiger partial charge in [-0.3, -0.25) is 0 Å². The van der Waals surface area contributed by atoms with Crippen molar-refractivity contribution in [1.29, 1.82) is 0 Å². The monoisotopic (exact) mass is 213 g/mol. The smallest absolute Gasteiger partial charge is 0.0788 e. The van der Waals surface area contributed by atoms with Crippen LogP contribution in [-0.4, -0.2) is 35.2 Å². The van der Waals surface area contributed by atoms with Crippen LogP contribution < -0.4 is 0 Å². The number of likely N-dealkylation sites (tertiary alicyclic amines) is 1. The molecule has 0 aromatic carbocycles. The van der Waals surface area contributed by atoms with E-state index in [1.54, 1.807) is 0 Å². The number of unbranched alkanes of at least 4 members (excludes halogenated alkanes) is 4. The van der Waals surface area contributed by atoms with Crippen LogP contribution in [0.4, 0.5) is 0 Å². The quantitative estimate of drug-likeness (QED) is 0.686. The molecule has 1 aliphatic heterocycles. The Kier molecular flexibility index (Phi) is 5.07. The molecule has 2 nitrogen and oxygen atoms in total. The van der Waals surface area contributed by atoms with E-state index >= 15 is 0 Å². The lowest BCUT2D eigenvalue weighted by atomic mass is 9.93. The van der Waals surface area contributed by atoms with E-state index in [4.69, 9.17) is 0 Å². The lowest BCUT2D eigenvalue weighted by molar-refractivity contribution is 0.0401.